The number of ether oxygens (including phenoxy) is 1. The van der Waals surface area contributed by atoms with E-state index in [-0.39, 0.29) is 12.4 Å². The lowest BCUT2D eigenvalue weighted by Gasteiger charge is -2.07. The number of halogens is 1. The minimum atomic E-state index is -0.449. The number of benzene rings is 2. The molecule has 138 valence electrons. The topological polar surface area (TPSA) is 67.4 Å². The monoisotopic (exact) mass is 384 g/mol. The normalized spacial score (nSPS) is 10.4. The Kier molecular flexibility index (Phi) is 6.30. The van der Waals surface area contributed by atoms with Crippen LogP contribution in [0.1, 0.15) is 15.2 Å². The van der Waals surface area contributed by atoms with Gasteiger partial charge in [-0.25, -0.2) is 4.39 Å². The smallest absolute Gasteiger partial charge is 0.279 e. The zero-order valence-electron chi connectivity index (χ0n) is 14.3. The molecule has 1 heterocycles. The zero-order chi connectivity index (χ0) is 19.1. The maximum absolute atomic E-state index is 13.0. The summed E-state index contributed by atoms with van der Waals surface area (Å²) in [5.41, 5.74) is 6.45. The van der Waals surface area contributed by atoms with Crippen LogP contribution in [0, 0.1) is 5.82 Å². The number of hydrogen-bond donors (Lipinski definition) is 2. The van der Waals surface area contributed by atoms with Crippen LogP contribution in [-0.4, -0.2) is 18.4 Å². The predicted molar refractivity (Wildman–Crippen MR) is 101 cm³/mol. The Morgan fingerprint density at radius 2 is 1.67 bits per heavy atom. The van der Waals surface area contributed by atoms with Crippen molar-refractivity contribution in [2.24, 2.45) is 0 Å². The van der Waals surface area contributed by atoms with E-state index in [0.29, 0.717) is 11.5 Å². The van der Waals surface area contributed by atoms with Crippen molar-refractivity contribution < 1.29 is 18.7 Å². The third-order valence-corrected chi connectivity index (χ3v) is 4.75. The van der Waals surface area contributed by atoms with E-state index in [9.17, 15) is 14.0 Å². The first-order valence-corrected chi connectivity index (χ1v) is 9.00. The summed E-state index contributed by atoms with van der Waals surface area (Å²) < 4.78 is 18.3. The largest absolute Gasteiger partial charge is 0.367 e. The Hall–Kier alpha value is -3.03. The van der Waals surface area contributed by atoms with E-state index in [1.54, 1.807) is 24.3 Å². The number of thiophene rings is 1. The van der Waals surface area contributed by atoms with Gasteiger partial charge in [-0.05, 0) is 35.4 Å². The molecule has 3 aromatic rings. The van der Waals surface area contributed by atoms with Gasteiger partial charge >= 0.3 is 0 Å². The highest BCUT2D eigenvalue weighted by molar-refractivity contribution is 7.17. The average molecular weight is 384 g/mol. The molecule has 3 rings (SSSR count). The lowest BCUT2D eigenvalue weighted by molar-refractivity contribution is -0.126. The highest BCUT2D eigenvalue weighted by atomic mass is 32.1. The molecule has 0 fully saturated rings. The molecule has 0 saturated heterocycles. The molecule has 2 amide bonds. The fourth-order valence-electron chi connectivity index (χ4n) is 2.29. The van der Waals surface area contributed by atoms with Crippen molar-refractivity contribution in [3.8, 4) is 10.4 Å². The van der Waals surface area contributed by atoms with Gasteiger partial charge in [0.15, 0.2) is 0 Å². The fraction of sp³-hybridized carbons (Fsp3) is 0.100. The van der Waals surface area contributed by atoms with E-state index >= 15 is 0 Å². The molecule has 1 aromatic heterocycles. The number of nitrogens with one attached hydrogen (secondary N) is 2. The van der Waals surface area contributed by atoms with Gasteiger partial charge in [0.2, 0.25) is 0 Å². The van der Waals surface area contributed by atoms with E-state index in [2.05, 4.69) is 10.9 Å². The first-order chi connectivity index (χ1) is 13.1. The second-order valence-electron chi connectivity index (χ2n) is 5.65. The van der Waals surface area contributed by atoms with E-state index < -0.39 is 11.8 Å². The minimum absolute atomic E-state index is 0.166. The number of hydrazine groups is 1. The maximum Gasteiger partial charge on any atom is 0.279 e. The van der Waals surface area contributed by atoms with Crippen LogP contribution in [0.2, 0.25) is 0 Å². The summed E-state index contributed by atoms with van der Waals surface area (Å²) in [7, 11) is 0. The van der Waals surface area contributed by atoms with Crippen LogP contribution < -0.4 is 10.9 Å². The Bertz CT molecular complexity index is 910. The second-order valence-corrected chi connectivity index (χ2v) is 6.74. The Labute approximate surface area is 159 Å². The summed E-state index contributed by atoms with van der Waals surface area (Å²) in [5, 5.41) is 0. The van der Waals surface area contributed by atoms with Crippen LogP contribution in [0.15, 0.2) is 66.7 Å². The molecule has 2 N–H and O–H groups in total. The predicted octanol–water partition coefficient (Wildman–Crippen LogP) is 3.53. The zero-order valence-corrected chi connectivity index (χ0v) is 15.1. The molecule has 5 nitrogen and oxygen atoms in total. The van der Waals surface area contributed by atoms with Gasteiger partial charge in [0.1, 0.15) is 12.4 Å². The standard InChI is InChI=1S/C20H17FN2O3S/c21-16-8-6-15(7-9-16)17-10-11-18(27-17)20(25)23-22-19(24)13-26-12-14-4-2-1-3-5-14/h1-11H,12-13H2,(H,22,24)(H,23,25). The van der Waals surface area contributed by atoms with Gasteiger partial charge < -0.3 is 4.74 Å². The third-order valence-electron chi connectivity index (χ3n) is 3.62. The van der Waals surface area contributed by atoms with Crippen LogP contribution in [0.5, 0.6) is 0 Å². The molecule has 0 aliphatic rings. The van der Waals surface area contributed by atoms with E-state index in [1.807, 2.05) is 30.3 Å². The number of carbonyl (C=O) groups is 2. The fourth-order valence-corrected chi connectivity index (χ4v) is 3.20. The quantitative estimate of drug-likeness (QED) is 0.639. The van der Waals surface area contributed by atoms with Gasteiger partial charge in [0.05, 0.1) is 11.5 Å². The first kappa shape index (κ1) is 18.8. The molecule has 2 aromatic carbocycles. The van der Waals surface area contributed by atoms with Gasteiger partial charge in [-0.1, -0.05) is 42.5 Å². The van der Waals surface area contributed by atoms with Crippen molar-refractivity contribution in [1.29, 1.82) is 0 Å². The van der Waals surface area contributed by atoms with Crippen LogP contribution >= 0.6 is 11.3 Å². The highest BCUT2D eigenvalue weighted by Crippen LogP contribution is 2.28. The molecule has 0 aliphatic heterocycles. The van der Waals surface area contributed by atoms with E-state index in [4.69, 9.17) is 4.74 Å². The molecule has 0 bridgehead atoms. The molecule has 7 heteroatoms. The summed E-state index contributed by atoms with van der Waals surface area (Å²) in [6.07, 6.45) is 0. The van der Waals surface area contributed by atoms with Crippen LogP contribution in [-0.2, 0) is 16.1 Å². The van der Waals surface area contributed by atoms with Crippen molar-refractivity contribution >= 4 is 23.2 Å². The molecular weight excluding hydrogens is 367 g/mol. The van der Waals surface area contributed by atoms with E-state index in [1.165, 1.54) is 23.5 Å². The third kappa shape index (κ3) is 5.47. The lowest BCUT2D eigenvalue weighted by Crippen LogP contribution is -2.43. The van der Waals surface area contributed by atoms with Crippen molar-refractivity contribution in [3.63, 3.8) is 0 Å². The summed E-state index contributed by atoms with van der Waals surface area (Å²) in [4.78, 5) is 25.1. The van der Waals surface area contributed by atoms with Gasteiger partial charge in [-0.15, -0.1) is 11.3 Å². The van der Waals surface area contributed by atoms with Crippen LogP contribution in [0.4, 0.5) is 4.39 Å². The van der Waals surface area contributed by atoms with Gasteiger partial charge in [-0.2, -0.15) is 0 Å². The number of carbonyl (C=O) groups excluding carboxylic acids is 2. The molecule has 0 aliphatic carbocycles. The van der Waals surface area contributed by atoms with Gasteiger partial charge in [-0.3, -0.25) is 20.4 Å². The van der Waals surface area contributed by atoms with Crippen LogP contribution in [0.3, 0.4) is 0 Å². The Balaban J connectivity index is 1.45. The molecule has 0 radical (unpaired) electrons. The number of amides is 2. The summed E-state index contributed by atoms with van der Waals surface area (Å²) in [6, 6.07) is 18.9. The number of rotatable bonds is 6. The van der Waals surface area contributed by atoms with Crippen molar-refractivity contribution in [3.05, 3.63) is 83.0 Å². The van der Waals surface area contributed by atoms with E-state index in [0.717, 1.165) is 16.0 Å². The highest BCUT2D eigenvalue weighted by Gasteiger charge is 2.11. The molecule has 0 unspecified atom stereocenters. The van der Waals surface area contributed by atoms with Crippen molar-refractivity contribution in [2.75, 3.05) is 6.61 Å². The molecule has 0 spiro atoms. The van der Waals surface area contributed by atoms with Gasteiger partial charge in [0.25, 0.3) is 11.8 Å². The Morgan fingerprint density at radius 3 is 2.41 bits per heavy atom. The van der Waals surface area contributed by atoms with Crippen LogP contribution in [0.25, 0.3) is 10.4 Å². The summed E-state index contributed by atoms with van der Waals surface area (Å²) in [6.45, 7) is 0.147. The van der Waals surface area contributed by atoms with Gasteiger partial charge in [0, 0.05) is 4.88 Å². The van der Waals surface area contributed by atoms with Crippen molar-refractivity contribution in [2.45, 2.75) is 6.61 Å². The molecule has 27 heavy (non-hydrogen) atoms. The molecule has 0 saturated carbocycles. The second kappa shape index (κ2) is 9.07. The summed E-state index contributed by atoms with van der Waals surface area (Å²) in [5.74, 6) is -1.19. The maximum atomic E-state index is 13.0. The first-order valence-electron chi connectivity index (χ1n) is 8.18. The molecular formula is C20H17FN2O3S. The minimum Gasteiger partial charge on any atom is -0.367 e. The molecule has 0 atom stereocenters. The van der Waals surface area contributed by atoms with Crippen molar-refractivity contribution in [1.82, 2.24) is 10.9 Å². The average Bonchev–Trinajstić information content (AvgIpc) is 3.18. The Morgan fingerprint density at radius 1 is 0.926 bits per heavy atom. The number of hydrogen-bond acceptors (Lipinski definition) is 4. The SMILES string of the molecule is O=C(COCc1ccccc1)NNC(=O)c1ccc(-c2ccc(F)cc2)s1. The lowest BCUT2D eigenvalue weighted by atomic mass is 10.2. The summed E-state index contributed by atoms with van der Waals surface area (Å²) >= 11 is 1.25.